The summed E-state index contributed by atoms with van der Waals surface area (Å²) in [6.07, 6.45) is 1.92. The van der Waals surface area contributed by atoms with E-state index in [2.05, 4.69) is 35.7 Å². The van der Waals surface area contributed by atoms with Gasteiger partial charge in [-0.05, 0) is 5.56 Å². The van der Waals surface area contributed by atoms with Gasteiger partial charge in [-0.1, -0.05) is 36.4 Å². The van der Waals surface area contributed by atoms with Crippen molar-refractivity contribution in [2.75, 3.05) is 19.6 Å². The van der Waals surface area contributed by atoms with E-state index in [1.807, 2.05) is 12.1 Å². The highest BCUT2D eigenvalue weighted by Crippen LogP contribution is 2.03. The second kappa shape index (κ2) is 6.35. The van der Waals surface area contributed by atoms with Gasteiger partial charge in [-0.15, -0.1) is 6.58 Å². The topological polar surface area (TPSA) is 29.3 Å². The van der Waals surface area contributed by atoms with E-state index in [4.69, 9.17) is 5.73 Å². The Labute approximate surface area is 86.0 Å². The highest BCUT2D eigenvalue weighted by molar-refractivity contribution is 5.14. The zero-order valence-electron chi connectivity index (χ0n) is 8.52. The van der Waals surface area contributed by atoms with Crippen molar-refractivity contribution in [1.29, 1.82) is 0 Å². The summed E-state index contributed by atoms with van der Waals surface area (Å²) < 4.78 is 0. The minimum absolute atomic E-state index is 0.695. The standard InChI is InChI=1S/C12H18N2/c1-2-9-14(10-8-13)11-12-6-4-3-5-7-12/h2-7H,1,8-11,13H2. The molecule has 0 fully saturated rings. The Morgan fingerprint density at radius 1 is 1.29 bits per heavy atom. The van der Waals surface area contributed by atoms with Crippen molar-refractivity contribution in [1.82, 2.24) is 4.90 Å². The number of rotatable bonds is 6. The molecule has 1 rings (SSSR count). The zero-order chi connectivity index (χ0) is 10.2. The Kier molecular flexibility index (Phi) is 4.97. The molecular weight excluding hydrogens is 172 g/mol. The van der Waals surface area contributed by atoms with Crippen molar-refractivity contribution in [3.63, 3.8) is 0 Å². The molecule has 14 heavy (non-hydrogen) atoms. The average Bonchev–Trinajstić information content (AvgIpc) is 2.20. The van der Waals surface area contributed by atoms with Crippen LogP contribution in [0.4, 0.5) is 0 Å². The molecule has 0 aliphatic carbocycles. The van der Waals surface area contributed by atoms with Crippen molar-refractivity contribution >= 4 is 0 Å². The maximum atomic E-state index is 5.54. The van der Waals surface area contributed by atoms with Crippen LogP contribution in [0.3, 0.4) is 0 Å². The zero-order valence-corrected chi connectivity index (χ0v) is 8.52. The van der Waals surface area contributed by atoms with Crippen LogP contribution < -0.4 is 5.73 Å². The second-order valence-electron chi connectivity index (χ2n) is 3.30. The number of nitrogens with zero attached hydrogens (tertiary/aromatic N) is 1. The maximum absolute atomic E-state index is 5.54. The van der Waals surface area contributed by atoms with Crippen LogP contribution in [-0.4, -0.2) is 24.5 Å². The molecule has 0 amide bonds. The van der Waals surface area contributed by atoms with E-state index in [0.29, 0.717) is 6.54 Å². The van der Waals surface area contributed by atoms with Crippen LogP contribution in [0.5, 0.6) is 0 Å². The fraction of sp³-hybridized carbons (Fsp3) is 0.333. The predicted octanol–water partition coefficient (Wildman–Crippen LogP) is 1.63. The molecule has 0 aromatic heterocycles. The third-order valence-corrected chi connectivity index (χ3v) is 2.08. The van der Waals surface area contributed by atoms with Crippen LogP contribution in [0.2, 0.25) is 0 Å². The minimum Gasteiger partial charge on any atom is -0.329 e. The maximum Gasteiger partial charge on any atom is 0.0237 e. The predicted molar refractivity (Wildman–Crippen MR) is 61.0 cm³/mol. The van der Waals surface area contributed by atoms with E-state index in [-0.39, 0.29) is 0 Å². The van der Waals surface area contributed by atoms with E-state index in [1.165, 1.54) is 5.56 Å². The van der Waals surface area contributed by atoms with Gasteiger partial charge in [0.15, 0.2) is 0 Å². The molecule has 0 unspecified atom stereocenters. The van der Waals surface area contributed by atoms with Crippen LogP contribution >= 0.6 is 0 Å². The third-order valence-electron chi connectivity index (χ3n) is 2.08. The first-order valence-corrected chi connectivity index (χ1v) is 4.94. The summed E-state index contributed by atoms with van der Waals surface area (Å²) in [4.78, 5) is 2.28. The quantitative estimate of drug-likeness (QED) is 0.691. The summed E-state index contributed by atoms with van der Waals surface area (Å²) >= 11 is 0. The smallest absolute Gasteiger partial charge is 0.0237 e. The first-order valence-electron chi connectivity index (χ1n) is 4.94. The molecule has 2 heteroatoms. The molecule has 0 heterocycles. The summed E-state index contributed by atoms with van der Waals surface area (Å²) in [5.74, 6) is 0. The Balaban J connectivity index is 2.50. The van der Waals surface area contributed by atoms with Crippen molar-refractivity contribution in [2.45, 2.75) is 6.54 Å². The third kappa shape index (κ3) is 3.73. The Morgan fingerprint density at radius 3 is 2.57 bits per heavy atom. The molecule has 2 nitrogen and oxygen atoms in total. The molecule has 0 saturated carbocycles. The van der Waals surface area contributed by atoms with Crippen molar-refractivity contribution in [3.05, 3.63) is 48.6 Å². The Hall–Kier alpha value is -1.12. The largest absolute Gasteiger partial charge is 0.329 e. The van der Waals surface area contributed by atoms with Gasteiger partial charge in [0.2, 0.25) is 0 Å². The molecule has 0 aliphatic rings. The molecule has 0 bridgehead atoms. The lowest BCUT2D eigenvalue weighted by atomic mass is 10.2. The van der Waals surface area contributed by atoms with Gasteiger partial charge in [-0.25, -0.2) is 0 Å². The average molecular weight is 190 g/mol. The van der Waals surface area contributed by atoms with Crippen LogP contribution in [0, 0.1) is 0 Å². The molecule has 0 atom stereocenters. The van der Waals surface area contributed by atoms with Gasteiger partial charge >= 0.3 is 0 Å². The normalized spacial score (nSPS) is 10.4. The van der Waals surface area contributed by atoms with E-state index in [0.717, 1.165) is 19.6 Å². The minimum atomic E-state index is 0.695. The van der Waals surface area contributed by atoms with Gasteiger partial charge < -0.3 is 5.73 Å². The van der Waals surface area contributed by atoms with E-state index >= 15 is 0 Å². The lowest BCUT2D eigenvalue weighted by Crippen LogP contribution is -2.29. The van der Waals surface area contributed by atoms with Crippen LogP contribution in [0.1, 0.15) is 5.56 Å². The van der Waals surface area contributed by atoms with Gasteiger partial charge in [0.1, 0.15) is 0 Å². The second-order valence-corrected chi connectivity index (χ2v) is 3.30. The van der Waals surface area contributed by atoms with Crippen LogP contribution in [0.25, 0.3) is 0 Å². The first-order chi connectivity index (χ1) is 6.86. The van der Waals surface area contributed by atoms with Crippen molar-refractivity contribution in [2.24, 2.45) is 5.73 Å². The molecule has 0 saturated heterocycles. The summed E-state index contributed by atoms with van der Waals surface area (Å²) in [5.41, 5.74) is 6.86. The molecule has 0 aliphatic heterocycles. The molecule has 0 radical (unpaired) electrons. The van der Waals surface area contributed by atoms with Gasteiger partial charge in [-0.2, -0.15) is 0 Å². The van der Waals surface area contributed by atoms with Gasteiger partial charge in [0.05, 0.1) is 0 Å². The van der Waals surface area contributed by atoms with Crippen molar-refractivity contribution in [3.8, 4) is 0 Å². The highest BCUT2D eigenvalue weighted by Gasteiger charge is 2.01. The molecule has 1 aromatic rings. The van der Waals surface area contributed by atoms with Crippen molar-refractivity contribution < 1.29 is 0 Å². The van der Waals surface area contributed by atoms with Gasteiger partial charge in [0, 0.05) is 26.2 Å². The molecule has 0 spiro atoms. The van der Waals surface area contributed by atoms with Crippen LogP contribution in [0.15, 0.2) is 43.0 Å². The SMILES string of the molecule is C=CCN(CCN)Cc1ccccc1. The highest BCUT2D eigenvalue weighted by atomic mass is 15.1. The van der Waals surface area contributed by atoms with Crippen LogP contribution in [-0.2, 0) is 6.54 Å². The molecular formula is C12H18N2. The van der Waals surface area contributed by atoms with Gasteiger partial charge in [-0.3, -0.25) is 4.90 Å². The fourth-order valence-corrected chi connectivity index (χ4v) is 1.44. The Bertz CT molecular complexity index is 256. The first kappa shape index (κ1) is 11.0. The lowest BCUT2D eigenvalue weighted by molar-refractivity contribution is 0.303. The lowest BCUT2D eigenvalue weighted by Gasteiger charge is -2.19. The molecule has 1 aromatic carbocycles. The summed E-state index contributed by atoms with van der Waals surface area (Å²) in [6, 6.07) is 10.4. The summed E-state index contributed by atoms with van der Waals surface area (Å²) in [7, 11) is 0. The number of nitrogens with two attached hydrogens (primary N) is 1. The molecule has 2 N–H and O–H groups in total. The van der Waals surface area contributed by atoms with E-state index in [1.54, 1.807) is 0 Å². The summed E-state index contributed by atoms with van der Waals surface area (Å²) in [6.45, 7) is 7.20. The van der Waals surface area contributed by atoms with E-state index < -0.39 is 0 Å². The molecule has 76 valence electrons. The Morgan fingerprint density at radius 2 is 2.00 bits per heavy atom. The fourth-order valence-electron chi connectivity index (χ4n) is 1.44. The van der Waals surface area contributed by atoms with E-state index in [9.17, 15) is 0 Å². The monoisotopic (exact) mass is 190 g/mol. The van der Waals surface area contributed by atoms with Gasteiger partial charge in [0.25, 0.3) is 0 Å². The number of hydrogen-bond donors (Lipinski definition) is 1. The number of benzene rings is 1. The summed E-state index contributed by atoms with van der Waals surface area (Å²) in [5, 5.41) is 0. The number of hydrogen-bond acceptors (Lipinski definition) is 2.